The summed E-state index contributed by atoms with van der Waals surface area (Å²) in [6.07, 6.45) is 3.51. The van der Waals surface area contributed by atoms with Crippen LogP contribution in [0.25, 0.3) is 5.57 Å². The number of ether oxygens (including phenoxy) is 2. The Labute approximate surface area is 120 Å². The van der Waals surface area contributed by atoms with Crippen molar-refractivity contribution in [2.45, 2.75) is 19.8 Å². The molecule has 0 heterocycles. The van der Waals surface area contributed by atoms with E-state index < -0.39 is 0 Å². The van der Waals surface area contributed by atoms with Crippen molar-refractivity contribution < 1.29 is 14.3 Å². The molecule has 4 heteroatoms. The van der Waals surface area contributed by atoms with E-state index in [4.69, 9.17) is 9.47 Å². The van der Waals surface area contributed by atoms with E-state index in [1.54, 1.807) is 20.3 Å². The molecule has 0 saturated heterocycles. The standard InChI is InChI=1S/C16H23NO3/c1-13(14-6-8-15(20-3)9-7-14)12-16(18)17-10-4-5-11-19-2/h6-9,12H,4-5,10-11H2,1-3H3,(H,17,18)/b13-12+. The Morgan fingerprint density at radius 3 is 2.50 bits per heavy atom. The summed E-state index contributed by atoms with van der Waals surface area (Å²) in [6, 6.07) is 7.65. The molecule has 0 saturated carbocycles. The van der Waals surface area contributed by atoms with Crippen LogP contribution in [0.3, 0.4) is 0 Å². The molecule has 0 spiro atoms. The highest BCUT2D eigenvalue weighted by Gasteiger charge is 2.01. The number of amides is 1. The maximum atomic E-state index is 11.7. The van der Waals surface area contributed by atoms with Crippen LogP contribution in [-0.4, -0.2) is 33.3 Å². The monoisotopic (exact) mass is 277 g/mol. The topological polar surface area (TPSA) is 47.6 Å². The van der Waals surface area contributed by atoms with Gasteiger partial charge in [0.25, 0.3) is 0 Å². The van der Waals surface area contributed by atoms with Gasteiger partial charge in [-0.25, -0.2) is 0 Å². The van der Waals surface area contributed by atoms with Gasteiger partial charge in [-0.15, -0.1) is 0 Å². The van der Waals surface area contributed by atoms with Crippen molar-refractivity contribution in [2.24, 2.45) is 0 Å². The van der Waals surface area contributed by atoms with Crippen LogP contribution in [0.4, 0.5) is 0 Å². The van der Waals surface area contributed by atoms with E-state index in [1.807, 2.05) is 31.2 Å². The molecule has 1 aromatic rings. The molecule has 1 N–H and O–H groups in total. The zero-order valence-corrected chi connectivity index (χ0v) is 12.4. The Hall–Kier alpha value is -1.81. The summed E-state index contributed by atoms with van der Waals surface area (Å²) in [5.74, 6) is 0.750. The van der Waals surface area contributed by atoms with Gasteiger partial charge in [-0.05, 0) is 43.0 Å². The number of allylic oxidation sites excluding steroid dienone is 1. The quantitative estimate of drug-likeness (QED) is 0.587. The summed E-state index contributed by atoms with van der Waals surface area (Å²) in [6.45, 7) is 3.33. The Balaban J connectivity index is 2.44. The Bertz CT molecular complexity index is 438. The van der Waals surface area contributed by atoms with E-state index in [-0.39, 0.29) is 5.91 Å². The third-order valence-corrected chi connectivity index (χ3v) is 2.97. The smallest absolute Gasteiger partial charge is 0.244 e. The van der Waals surface area contributed by atoms with E-state index >= 15 is 0 Å². The highest BCUT2D eigenvalue weighted by atomic mass is 16.5. The van der Waals surface area contributed by atoms with Gasteiger partial charge in [0.15, 0.2) is 0 Å². The number of hydrogen-bond donors (Lipinski definition) is 1. The molecule has 0 unspecified atom stereocenters. The summed E-state index contributed by atoms with van der Waals surface area (Å²) in [7, 11) is 3.31. The summed E-state index contributed by atoms with van der Waals surface area (Å²) in [5.41, 5.74) is 1.95. The van der Waals surface area contributed by atoms with Crippen molar-refractivity contribution >= 4 is 11.5 Å². The second-order valence-corrected chi connectivity index (χ2v) is 4.55. The van der Waals surface area contributed by atoms with E-state index in [2.05, 4.69) is 5.32 Å². The van der Waals surface area contributed by atoms with Crippen molar-refractivity contribution in [1.29, 1.82) is 0 Å². The van der Waals surface area contributed by atoms with E-state index in [1.165, 1.54) is 0 Å². The van der Waals surface area contributed by atoms with Crippen LogP contribution in [0.5, 0.6) is 5.75 Å². The summed E-state index contributed by atoms with van der Waals surface area (Å²) < 4.78 is 10.1. The van der Waals surface area contributed by atoms with E-state index in [9.17, 15) is 4.79 Å². The number of benzene rings is 1. The zero-order chi connectivity index (χ0) is 14.8. The number of methoxy groups -OCH3 is 2. The lowest BCUT2D eigenvalue weighted by Gasteiger charge is -2.05. The van der Waals surface area contributed by atoms with Gasteiger partial charge >= 0.3 is 0 Å². The minimum Gasteiger partial charge on any atom is -0.497 e. The maximum Gasteiger partial charge on any atom is 0.244 e. The van der Waals surface area contributed by atoms with E-state index in [0.29, 0.717) is 6.54 Å². The predicted octanol–water partition coefficient (Wildman–Crippen LogP) is 2.64. The molecule has 0 aliphatic rings. The van der Waals surface area contributed by atoms with Gasteiger partial charge in [-0.3, -0.25) is 4.79 Å². The second-order valence-electron chi connectivity index (χ2n) is 4.55. The van der Waals surface area contributed by atoms with Gasteiger partial charge in [-0.1, -0.05) is 12.1 Å². The van der Waals surface area contributed by atoms with Crippen LogP contribution in [0.1, 0.15) is 25.3 Å². The third kappa shape index (κ3) is 5.89. The van der Waals surface area contributed by atoms with Crippen LogP contribution in [0.15, 0.2) is 30.3 Å². The lowest BCUT2D eigenvalue weighted by Crippen LogP contribution is -2.22. The fourth-order valence-electron chi connectivity index (χ4n) is 1.77. The van der Waals surface area contributed by atoms with Crippen LogP contribution < -0.4 is 10.1 Å². The average molecular weight is 277 g/mol. The lowest BCUT2D eigenvalue weighted by molar-refractivity contribution is -0.116. The Kier molecular flexibility index (Phi) is 7.43. The van der Waals surface area contributed by atoms with Crippen molar-refractivity contribution in [2.75, 3.05) is 27.4 Å². The van der Waals surface area contributed by atoms with Crippen LogP contribution in [0.2, 0.25) is 0 Å². The fraction of sp³-hybridized carbons (Fsp3) is 0.438. The normalized spacial score (nSPS) is 11.2. The highest BCUT2D eigenvalue weighted by Crippen LogP contribution is 2.17. The molecule has 0 bridgehead atoms. The largest absolute Gasteiger partial charge is 0.497 e. The SMILES string of the molecule is COCCCCNC(=O)/C=C(\C)c1ccc(OC)cc1. The number of carbonyl (C=O) groups excluding carboxylic acids is 1. The number of hydrogen-bond acceptors (Lipinski definition) is 3. The lowest BCUT2D eigenvalue weighted by atomic mass is 10.1. The van der Waals surface area contributed by atoms with Gasteiger partial charge in [0.2, 0.25) is 5.91 Å². The molecule has 4 nitrogen and oxygen atoms in total. The number of nitrogens with one attached hydrogen (secondary N) is 1. The second kappa shape index (κ2) is 9.15. The zero-order valence-electron chi connectivity index (χ0n) is 12.4. The summed E-state index contributed by atoms with van der Waals surface area (Å²) in [4.78, 5) is 11.7. The maximum absolute atomic E-state index is 11.7. The molecule has 20 heavy (non-hydrogen) atoms. The first-order valence-electron chi connectivity index (χ1n) is 6.77. The Morgan fingerprint density at radius 1 is 1.20 bits per heavy atom. The van der Waals surface area contributed by atoms with Crippen LogP contribution in [0, 0.1) is 0 Å². The molecule has 0 fully saturated rings. The molecule has 110 valence electrons. The van der Waals surface area contributed by atoms with Crippen LogP contribution >= 0.6 is 0 Å². The first-order valence-corrected chi connectivity index (χ1v) is 6.77. The predicted molar refractivity (Wildman–Crippen MR) is 80.8 cm³/mol. The van der Waals surface area contributed by atoms with Crippen molar-refractivity contribution in [3.63, 3.8) is 0 Å². The van der Waals surface area contributed by atoms with Gasteiger partial charge < -0.3 is 14.8 Å². The first kappa shape index (κ1) is 16.2. The molecule has 1 rings (SSSR count). The minimum atomic E-state index is -0.0595. The van der Waals surface area contributed by atoms with Gasteiger partial charge in [0.05, 0.1) is 7.11 Å². The molecule has 0 aromatic heterocycles. The Morgan fingerprint density at radius 2 is 1.90 bits per heavy atom. The van der Waals surface area contributed by atoms with Gasteiger partial charge in [-0.2, -0.15) is 0 Å². The van der Waals surface area contributed by atoms with Gasteiger partial charge in [0.1, 0.15) is 5.75 Å². The number of rotatable bonds is 8. The molecular formula is C16H23NO3. The summed E-state index contributed by atoms with van der Waals surface area (Å²) in [5, 5.41) is 2.87. The number of carbonyl (C=O) groups is 1. The molecule has 0 aliphatic heterocycles. The average Bonchev–Trinajstić information content (AvgIpc) is 2.47. The minimum absolute atomic E-state index is 0.0595. The molecule has 1 aromatic carbocycles. The molecule has 0 atom stereocenters. The molecule has 0 aliphatic carbocycles. The van der Waals surface area contributed by atoms with Crippen molar-refractivity contribution in [3.8, 4) is 5.75 Å². The van der Waals surface area contributed by atoms with Crippen LogP contribution in [-0.2, 0) is 9.53 Å². The molecular weight excluding hydrogens is 254 g/mol. The van der Waals surface area contributed by atoms with E-state index in [0.717, 1.165) is 36.3 Å². The van der Waals surface area contributed by atoms with Crippen molar-refractivity contribution in [3.05, 3.63) is 35.9 Å². The highest BCUT2D eigenvalue weighted by molar-refractivity contribution is 5.94. The third-order valence-electron chi connectivity index (χ3n) is 2.97. The molecule has 1 amide bonds. The number of unbranched alkanes of at least 4 members (excludes halogenated alkanes) is 1. The fourth-order valence-corrected chi connectivity index (χ4v) is 1.77. The first-order chi connectivity index (χ1) is 9.67. The summed E-state index contributed by atoms with van der Waals surface area (Å²) >= 11 is 0. The van der Waals surface area contributed by atoms with Crippen molar-refractivity contribution in [1.82, 2.24) is 5.32 Å². The van der Waals surface area contributed by atoms with Gasteiger partial charge in [0, 0.05) is 26.3 Å². The molecule has 0 radical (unpaired) electrons.